The molecule has 0 aliphatic carbocycles. The smallest absolute Gasteiger partial charge is 0.181 e. The van der Waals surface area contributed by atoms with Crippen molar-refractivity contribution in [1.29, 1.82) is 0 Å². The van der Waals surface area contributed by atoms with Crippen LogP contribution in [-0.2, 0) is 6.54 Å². The zero-order valence-electron chi connectivity index (χ0n) is 10.1. The highest BCUT2D eigenvalue weighted by atomic mass is 16.3. The van der Waals surface area contributed by atoms with Gasteiger partial charge in [-0.15, -0.1) is 0 Å². The first-order valence-electron chi connectivity index (χ1n) is 5.57. The molecule has 0 bridgehead atoms. The SMILES string of the molecule is CC(C)[C@H](CO)Nc1c(C[NH])ccc(O)c1O. The molecular weight excluding hydrogens is 220 g/mol. The predicted molar refractivity (Wildman–Crippen MR) is 65.9 cm³/mol. The van der Waals surface area contributed by atoms with Gasteiger partial charge in [0, 0.05) is 6.54 Å². The van der Waals surface area contributed by atoms with E-state index in [9.17, 15) is 15.3 Å². The molecule has 95 valence electrons. The third-order valence-electron chi connectivity index (χ3n) is 2.76. The van der Waals surface area contributed by atoms with E-state index in [0.29, 0.717) is 11.3 Å². The van der Waals surface area contributed by atoms with Crippen molar-refractivity contribution in [3.8, 4) is 11.5 Å². The maximum Gasteiger partial charge on any atom is 0.181 e. The largest absolute Gasteiger partial charge is 0.504 e. The second-order valence-electron chi connectivity index (χ2n) is 4.32. The Hall–Kier alpha value is -1.46. The summed E-state index contributed by atoms with van der Waals surface area (Å²) in [4.78, 5) is 0. The lowest BCUT2D eigenvalue weighted by atomic mass is 10.0. The first kappa shape index (κ1) is 13.6. The summed E-state index contributed by atoms with van der Waals surface area (Å²) >= 11 is 0. The van der Waals surface area contributed by atoms with Gasteiger partial charge in [0.1, 0.15) is 0 Å². The Bertz CT molecular complexity index is 380. The van der Waals surface area contributed by atoms with Crippen molar-refractivity contribution in [2.45, 2.75) is 26.4 Å². The van der Waals surface area contributed by atoms with Crippen molar-refractivity contribution in [3.63, 3.8) is 0 Å². The number of aromatic hydroxyl groups is 2. The van der Waals surface area contributed by atoms with Crippen molar-refractivity contribution in [3.05, 3.63) is 17.7 Å². The summed E-state index contributed by atoms with van der Waals surface area (Å²) in [5.41, 5.74) is 8.27. The van der Waals surface area contributed by atoms with E-state index in [-0.39, 0.29) is 36.6 Å². The molecule has 1 rings (SSSR count). The van der Waals surface area contributed by atoms with Crippen LogP contribution < -0.4 is 11.1 Å². The highest BCUT2D eigenvalue weighted by Crippen LogP contribution is 2.36. The lowest BCUT2D eigenvalue weighted by Crippen LogP contribution is -2.30. The summed E-state index contributed by atoms with van der Waals surface area (Å²) in [6.45, 7) is 3.79. The average Bonchev–Trinajstić information content (AvgIpc) is 2.30. The van der Waals surface area contributed by atoms with Crippen LogP contribution in [-0.4, -0.2) is 28.0 Å². The summed E-state index contributed by atoms with van der Waals surface area (Å²) in [6.07, 6.45) is 0. The fraction of sp³-hybridized carbons (Fsp3) is 0.500. The summed E-state index contributed by atoms with van der Waals surface area (Å²) < 4.78 is 0. The Kier molecular flexibility index (Phi) is 4.60. The number of hydrogen-bond acceptors (Lipinski definition) is 4. The second-order valence-corrected chi connectivity index (χ2v) is 4.32. The number of rotatable bonds is 5. The Labute approximate surface area is 101 Å². The summed E-state index contributed by atoms with van der Waals surface area (Å²) in [5, 5.41) is 31.4. The number of phenolic OH excluding ortho intramolecular Hbond substituents is 2. The van der Waals surface area contributed by atoms with Gasteiger partial charge in [-0.1, -0.05) is 19.9 Å². The molecule has 5 nitrogen and oxygen atoms in total. The maximum atomic E-state index is 9.76. The van der Waals surface area contributed by atoms with Gasteiger partial charge in [-0.25, -0.2) is 0 Å². The number of aliphatic hydroxyl groups excluding tert-OH is 1. The molecule has 0 aliphatic rings. The minimum atomic E-state index is -0.270. The Morgan fingerprint density at radius 3 is 2.41 bits per heavy atom. The monoisotopic (exact) mass is 239 g/mol. The zero-order valence-corrected chi connectivity index (χ0v) is 10.1. The Morgan fingerprint density at radius 2 is 1.94 bits per heavy atom. The van der Waals surface area contributed by atoms with Crippen LogP contribution in [0.2, 0.25) is 0 Å². The van der Waals surface area contributed by atoms with Crippen molar-refractivity contribution in [1.82, 2.24) is 5.73 Å². The molecule has 0 aromatic heterocycles. The van der Waals surface area contributed by atoms with Gasteiger partial charge in [-0.3, -0.25) is 5.73 Å². The molecule has 0 heterocycles. The quantitative estimate of drug-likeness (QED) is 0.582. The Morgan fingerprint density at radius 1 is 1.29 bits per heavy atom. The minimum absolute atomic E-state index is 0.00752. The van der Waals surface area contributed by atoms with Crippen LogP contribution in [0.25, 0.3) is 0 Å². The minimum Gasteiger partial charge on any atom is -0.504 e. The van der Waals surface area contributed by atoms with E-state index < -0.39 is 0 Å². The fourth-order valence-electron chi connectivity index (χ4n) is 1.54. The predicted octanol–water partition coefficient (Wildman–Crippen LogP) is 1.31. The number of hydrogen-bond donors (Lipinski definition) is 4. The molecule has 1 atom stereocenters. The second kappa shape index (κ2) is 5.75. The molecule has 0 saturated heterocycles. The molecule has 1 radical (unpaired) electrons. The van der Waals surface area contributed by atoms with Crippen LogP contribution in [0.3, 0.4) is 0 Å². The van der Waals surface area contributed by atoms with E-state index in [0.717, 1.165) is 0 Å². The van der Waals surface area contributed by atoms with E-state index in [4.69, 9.17) is 5.73 Å². The molecule has 17 heavy (non-hydrogen) atoms. The molecule has 0 amide bonds. The van der Waals surface area contributed by atoms with Gasteiger partial charge in [0.15, 0.2) is 11.5 Å². The normalized spacial score (nSPS) is 12.8. The van der Waals surface area contributed by atoms with Gasteiger partial charge >= 0.3 is 0 Å². The van der Waals surface area contributed by atoms with Crippen LogP contribution in [0.15, 0.2) is 12.1 Å². The standard InChI is InChI=1S/C12H19N2O3/c1-7(2)9(6-15)14-11-8(5-13)3-4-10(16)12(11)17/h3-4,7,9,13-17H,5-6H2,1-2H3/t9-/m0/s1. The number of aliphatic hydroxyl groups is 1. The first-order valence-corrected chi connectivity index (χ1v) is 5.57. The van der Waals surface area contributed by atoms with Crippen molar-refractivity contribution in [2.75, 3.05) is 11.9 Å². The topological polar surface area (TPSA) is 96.5 Å². The van der Waals surface area contributed by atoms with Crippen LogP contribution in [0.4, 0.5) is 5.69 Å². The maximum absolute atomic E-state index is 9.76. The molecule has 0 spiro atoms. The van der Waals surface area contributed by atoms with E-state index in [1.807, 2.05) is 13.8 Å². The van der Waals surface area contributed by atoms with Gasteiger partial charge in [-0.05, 0) is 17.5 Å². The molecule has 1 aromatic carbocycles. The van der Waals surface area contributed by atoms with Crippen LogP contribution in [0.5, 0.6) is 11.5 Å². The number of benzene rings is 1. The summed E-state index contributed by atoms with van der Waals surface area (Å²) in [5.74, 6) is -0.334. The lowest BCUT2D eigenvalue weighted by molar-refractivity contribution is 0.249. The molecule has 1 aromatic rings. The van der Waals surface area contributed by atoms with Crippen LogP contribution in [0.1, 0.15) is 19.4 Å². The van der Waals surface area contributed by atoms with Crippen molar-refractivity contribution >= 4 is 5.69 Å². The molecule has 0 saturated carbocycles. The number of nitrogens with one attached hydrogen (secondary N) is 2. The Balaban J connectivity index is 3.07. The third kappa shape index (κ3) is 3.01. The number of phenols is 2. The molecule has 0 aliphatic heterocycles. The van der Waals surface area contributed by atoms with E-state index in [2.05, 4.69) is 5.32 Å². The highest BCUT2D eigenvalue weighted by molar-refractivity contribution is 5.67. The summed E-state index contributed by atoms with van der Waals surface area (Å²) in [6, 6.07) is 2.71. The molecule has 5 heteroatoms. The zero-order chi connectivity index (χ0) is 13.0. The fourth-order valence-corrected chi connectivity index (χ4v) is 1.54. The molecule has 5 N–H and O–H groups in total. The van der Waals surface area contributed by atoms with E-state index in [1.54, 1.807) is 6.07 Å². The van der Waals surface area contributed by atoms with E-state index >= 15 is 0 Å². The molecular formula is C12H19N2O3. The first-order chi connectivity index (χ1) is 8.01. The van der Waals surface area contributed by atoms with E-state index in [1.165, 1.54) is 6.07 Å². The lowest BCUT2D eigenvalue weighted by Gasteiger charge is -2.23. The molecule has 0 fully saturated rings. The average molecular weight is 239 g/mol. The van der Waals surface area contributed by atoms with Gasteiger partial charge in [0.2, 0.25) is 0 Å². The molecule has 0 unspecified atom stereocenters. The van der Waals surface area contributed by atoms with Crippen molar-refractivity contribution in [2.24, 2.45) is 5.92 Å². The van der Waals surface area contributed by atoms with Crippen LogP contribution >= 0.6 is 0 Å². The van der Waals surface area contributed by atoms with Gasteiger partial charge in [0.05, 0.1) is 18.3 Å². The third-order valence-corrected chi connectivity index (χ3v) is 2.76. The van der Waals surface area contributed by atoms with Crippen LogP contribution in [0, 0.1) is 5.92 Å². The number of anilines is 1. The van der Waals surface area contributed by atoms with Gasteiger partial charge in [-0.2, -0.15) is 0 Å². The van der Waals surface area contributed by atoms with Gasteiger partial charge in [0.25, 0.3) is 0 Å². The van der Waals surface area contributed by atoms with Crippen molar-refractivity contribution < 1.29 is 15.3 Å². The van der Waals surface area contributed by atoms with Gasteiger partial charge < -0.3 is 20.6 Å². The highest BCUT2D eigenvalue weighted by Gasteiger charge is 2.17. The summed E-state index contributed by atoms with van der Waals surface area (Å²) in [7, 11) is 0.